The summed E-state index contributed by atoms with van der Waals surface area (Å²) in [5.74, 6) is 1.02. The molecule has 0 fully saturated rings. The van der Waals surface area contributed by atoms with Crippen molar-refractivity contribution in [1.29, 1.82) is 0 Å². The van der Waals surface area contributed by atoms with E-state index in [9.17, 15) is 4.79 Å². The van der Waals surface area contributed by atoms with Gasteiger partial charge in [-0.2, -0.15) is 11.3 Å². The second-order valence-corrected chi connectivity index (χ2v) is 6.87. The lowest BCUT2D eigenvalue weighted by atomic mass is 10.2. The average molecular weight is 335 g/mol. The van der Waals surface area contributed by atoms with Gasteiger partial charge in [-0.3, -0.25) is 4.79 Å². The minimum atomic E-state index is 0.0693. The van der Waals surface area contributed by atoms with Crippen LogP contribution in [0.4, 0.5) is 0 Å². The summed E-state index contributed by atoms with van der Waals surface area (Å²) in [5, 5.41) is 4.12. The molecule has 5 heteroatoms. The zero-order chi connectivity index (χ0) is 15.8. The topological polar surface area (TPSA) is 29.5 Å². The minimum Gasteiger partial charge on any atom is -0.383 e. The van der Waals surface area contributed by atoms with Crippen LogP contribution in [0.3, 0.4) is 0 Å². The summed E-state index contributed by atoms with van der Waals surface area (Å²) in [7, 11) is 1.66. The van der Waals surface area contributed by atoms with Crippen LogP contribution in [0.2, 0.25) is 0 Å². The van der Waals surface area contributed by atoms with E-state index in [0.29, 0.717) is 19.7 Å². The highest BCUT2D eigenvalue weighted by Crippen LogP contribution is 2.24. The lowest BCUT2D eigenvalue weighted by Crippen LogP contribution is -2.33. The van der Waals surface area contributed by atoms with Gasteiger partial charge < -0.3 is 9.64 Å². The highest BCUT2D eigenvalue weighted by Gasteiger charge is 2.19. The molecule has 1 amide bonds. The molecule has 0 saturated carbocycles. The standard InChI is InChI=1S/C17H21NO2S2/c1-3-22-16-7-5-4-6-15(16)17(19)18(9-10-20-2)12-14-8-11-21-13-14/h4-8,11,13H,3,9-10,12H2,1-2H3. The fourth-order valence-corrected chi connectivity index (χ4v) is 3.61. The predicted octanol–water partition coefficient (Wildman–Crippen LogP) is 4.15. The highest BCUT2D eigenvalue weighted by atomic mass is 32.2. The molecule has 0 spiro atoms. The van der Waals surface area contributed by atoms with Crippen LogP contribution < -0.4 is 0 Å². The number of carbonyl (C=O) groups excluding carboxylic acids is 1. The Labute approximate surface area is 140 Å². The van der Waals surface area contributed by atoms with Gasteiger partial charge in [0, 0.05) is 25.1 Å². The lowest BCUT2D eigenvalue weighted by molar-refractivity contribution is 0.0677. The van der Waals surface area contributed by atoms with Crippen molar-refractivity contribution in [2.45, 2.75) is 18.4 Å². The zero-order valence-corrected chi connectivity index (χ0v) is 14.6. The third kappa shape index (κ3) is 4.60. The van der Waals surface area contributed by atoms with Crippen LogP contribution in [0.25, 0.3) is 0 Å². The Hall–Kier alpha value is -1.30. The number of amides is 1. The van der Waals surface area contributed by atoms with Crippen molar-refractivity contribution in [3.8, 4) is 0 Å². The Morgan fingerprint density at radius 2 is 2.14 bits per heavy atom. The van der Waals surface area contributed by atoms with Gasteiger partial charge in [0.2, 0.25) is 0 Å². The van der Waals surface area contributed by atoms with Crippen molar-refractivity contribution >= 4 is 29.0 Å². The molecule has 0 unspecified atom stereocenters. The van der Waals surface area contributed by atoms with Crippen molar-refractivity contribution < 1.29 is 9.53 Å². The first-order valence-electron chi connectivity index (χ1n) is 7.27. The van der Waals surface area contributed by atoms with Crippen molar-refractivity contribution in [1.82, 2.24) is 4.90 Å². The van der Waals surface area contributed by atoms with Gasteiger partial charge in [0.15, 0.2) is 0 Å². The minimum absolute atomic E-state index is 0.0693. The van der Waals surface area contributed by atoms with Gasteiger partial charge in [-0.05, 0) is 40.3 Å². The van der Waals surface area contributed by atoms with Crippen LogP contribution in [0.15, 0.2) is 46.0 Å². The fourth-order valence-electron chi connectivity index (χ4n) is 2.15. The van der Waals surface area contributed by atoms with Crippen molar-refractivity contribution in [2.24, 2.45) is 0 Å². The molecule has 1 aromatic heterocycles. The summed E-state index contributed by atoms with van der Waals surface area (Å²) in [4.78, 5) is 15.8. The Bertz CT molecular complexity index is 584. The summed E-state index contributed by atoms with van der Waals surface area (Å²) in [6.45, 7) is 3.85. The highest BCUT2D eigenvalue weighted by molar-refractivity contribution is 7.99. The van der Waals surface area contributed by atoms with E-state index in [1.165, 1.54) is 0 Å². The first kappa shape index (κ1) is 17.1. The SMILES string of the molecule is CCSc1ccccc1C(=O)N(CCOC)Cc1ccsc1. The van der Waals surface area contributed by atoms with E-state index >= 15 is 0 Å². The summed E-state index contributed by atoms with van der Waals surface area (Å²) in [6.07, 6.45) is 0. The maximum absolute atomic E-state index is 12.9. The number of carbonyl (C=O) groups is 1. The normalized spacial score (nSPS) is 10.6. The van der Waals surface area contributed by atoms with Gasteiger partial charge in [0.25, 0.3) is 5.91 Å². The van der Waals surface area contributed by atoms with E-state index in [1.807, 2.05) is 34.5 Å². The third-order valence-electron chi connectivity index (χ3n) is 3.22. The summed E-state index contributed by atoms with van der Waals surface area (Å²) in [5.41, 5.74) is 1.94. The molecule has 1 aromatic carbocycles. The lowest BCUT2D eigenvalue weighted by Gasteiger charge is -2.23. The number of methoxy groups -OCH3 is 1. The number of rotatable bonds is 8. The molecule has 118 valence electrons. The monoisotopic (exact) mass is 335 g/mol. The Morgan fingerprint density at radius 3 is 2.82 bits per heavy atom. The Kier molecular flexibility index (Phi) is 6.96. The largest absolute Gasteiger partial charge is 0.383 e. The van der Waals surface area contributed by atoms with Gasteiger partial charge in [-0.15, -0.1) is 11.8 Å². The molecule has 0 aliphatic rings. The molecule has 0 saturated heterocycles. The Morgan fingerprint density at radius 1 is 1.32 bits per heavy atom. The van der Waals surface area contributed by atoms with Crippen molar-refractivity contribution in [2.75, 3.05) is 26.0 Å². The molecule has 22 heavy (non-hydrogen) atoms. The molecular weight excluding hydrogens is 314 g/mol. The fraction of sp³-hybridized carbons (Fsp3) is 0.353. The van der Waals surface area contributed by atoms with Crippen LogP contribution in [0.5, 0.6) is 0 Å². The summed E-state index contributed by atoms with van der Waals surface area (Å²) < 4.78 is 5.16. The van der Waals surface area contributed by atoms with Gasteiger partial charge >= 0.3 is 0 Å². The van der Waals surface area contributed by atoms with E-state index in [0.717, 1.165) is 21.8 Å². The van der Waals surface area contributed by atoms with Crippen LogP contribution >= 0.6 is 23.1 Å². The quantitative estimate of drug-likeness (QED) is 0.679. The molecule has 3 nitrogen and oxygen atoms in total. The molecule has 2 rings (SSSR count). The van der Waals surface area contributed by atoms with Crippen molar-refractivity contribution in [3.63, 3.8) is 0 Å². The second-order valence-electron chi connectivity index (χ2n) is 4.78. The predicted molar refractivity (Wildman–Crippen MR) is 93.8 cm³/mol. The first-order valence-corrected chi connectivity index (χ1v) is 9.20. The van der Waals surface area contributed by atoms with E-state index in [4.69, 9.17) is 4.74 Å². The van der Waals surface area contributed by atoms with Crippen LogP contribution in [0.1, 0.15) is 22.8 Å². The van der Waals surface area contributed by atoms with Crippen LogP contribution in [-0.4, -0.2) is 36.8 Å². The number of hydrogen-bond donors (Lipinski definition) is 0. The number of ether oxygens (including phenoxy) is 1. The van der Waals surface area contributed by atoms with E-state index < -0.39 is 0 Å². The van der Waals surface area contributed by atoms with Gasteiger partial charge in [0.1, 0.15) is 0 Å². The number of hydrogen-bond acceptors (Lipinski definition) is 4. The van der Waals surface area contributed by atoms with E-state index in [2.05, 4.69) is 18.4 Å². The third-order valence-corrected chi connectivity index (χ3v) is 4.91. The smallest absolute Gasteiger partial charge is 0.255 e. The van der Waals surface area contributed by atoms with Crippen LogP contribution in [0, 0.1) is 0 Å². The molecule has 0 aliphatic heterocycles. The molecule has 0 atom stereocenters. The van der Waals surface area contributed by atoms with E-state index in [-0.39, 0.29) is 5.91 Å². The number of nitrogens with zero attached hydrogens (tertiary/aromatic N) is 1. The summed E-state index contributed by atoms with van der Waals surface area (Å²) >= 11 is 3.35. The molecule has 0 bridgehead atoms. The second kappa shape index (κ2) is 8.98. The average Bonchev–Trinajstić information content (AvgIpc) is 3.05. The first-order chi connectivity index (χ1) is 10.8. The Balaban J connectivity index is 2.20. The van der Waals surface area contributed by atoms with E-state index in [1.54, 1.807) is 30.2 Å². The number of benzene rings is 1. The van der Waals surface area contributed by atoms with Gasteiger partial charge in [-0.1, -0.05) is 19.1 Å². The molecule has 0 radical (unpaired) electrons. The maximum atomic E-state index is 12.9. The van der Waals surface area contributed by atoms with Crippen LogP contribution in [-0.2, 0) is 11.3 Å². The van der Waals surface area contributed by atoms with Crippen molar-refractivity contribution in [3.05, 3.63) is 52.2 Å². The maximum Gasteiger partial charge on any atom is 0.255 e. The molecular formula is C17H21NO2S2. The molecule has 0 aliphatic carbocycles. The number of thioether (sulfide) groups is 1. The van der Waals surface area contributed by atoms with Gasteiger partial charge in [-0.25, -0.2) is 0 Å². The molecule has 2 aromatic rings. The summed E-state index contributed by atoms with van der Waals surface area (Å²) in [6, 6.07) is 9.89. The van der Waals surface area contributed by atoms with Gasteiger partial charge in [0.05, 0.1) is 12.2 Å². The zero-order valence-electron chi connectivity index (χ0n) is 13.0. The number of thiophene rings is 1. The molecule has 1 heterocycles. The molecule has 0 N–H and O–H groups in total.